The lowest BCUT2D eigenvalue weighted by molar-refractivity contribution is 0.0754. The number of aromatic nitrogens is 1. The van der Waals surface area contributed by atoms with Gasteiger partial charge in [-0.3, -0.25) is 4.79 Å². The minimum absolute atomic E-state index is 0.0490. The number of nitrogens with zero attached hydrogens (tertiary/aromatic N) is 2. The van der Waals surface area contributed by atoms with Crippen molar-refractivity contribution in [2.75, 3.05) is 19.0 Å². The zero-order chi connectivity index (χ0) is 11.5. The molecule has 1 fully saturated rings. The molecule has 1 unspecified atom stereocenters. The van der Waals surface area contributed by atoms with Gasteiger partial charge in [-0.2, -0.15) is 0 Å². The Morgan fingerprint density at radius 3 is 3.19 bits per heavy atom. The van der Waals surface area contributed by atoms with E-state index in [0.29, 0.717) is 23.3 Å². The van der Waals surface area contributed by atoms with Crippen molar-refractivity contribution in [3.8, 4) is 0 Å². The molecular weight excluding hydrogens is 228 g/mol. The molecule has 0 radical (unpaired) electrons. The van der Waals surface area contributed by atoms with Crippen molar-refractivity contribution in [3.63, 3.8) is 0 Å². The van der Waals surface area contributed by atoms with Crippen molar-refractivity contribution in [3.05, 3.63) is 17.8 Å². The Bertz CT molecular complexity index is 378. The minimum atomic E-state index is -0.0490. The van der Waals surface area contributed by atoms with Crippen molar-refractivity contribution in [1.82, 2.24) is 9.88 Å². The van der Waals surface area contributed by atoms with Crippen LogP contribution in [0.1, 0.15) is 29.1 Å². The zero-order valence-corrected chi connectivity index (χ0v) is 10.0. The maximum atomic E-state index is 12.0. The van der Waals surface area contributed by atoms with Crippen LogP contribution in [-0.4, -0.2) is 34.8 Å². The van der Waals surface area contributed by atoms with Gasteiger partial charge < -0.3 is 9.32 Å². The quantitative estimate of drug-likeness (QED) is 0.763. The van der Waals surface area contributed by atoms with E-state index in [1.54, 1.807) is 6.92 Å². The third-order valence-electron chi connectivity index (χ3n) is 3.03. The van der Waals surface area contributed by atoms with Crippen LogP contribution in [0.2, 0.25) is 0 Å². The number of oxazole rings is 1. The van der Waals surface area contributed by atoms with E-state index in [-0.39, 0.29) is 5.91 Å². The molecule has 1 atom stereocenters. The molecule has 1 aliphatic rings. The molecule has 0 bridgehead atoms. The van der Waals surface area contributed by atoms with Gasteiger partial charge in [0.15, 0.2) is 6.39 Å². The van der Waals surface area contributed by atoms with Gasteiger partial charge in [-0.05, 0) is 25.7 Å². The second kappa shape index (κ2) is 4.87. The standard InChI is InChI=1S/C11H15ClN2O2/c1-8-10(16-7-13-8)11(15)14-5-3-9(6-14)2-4-12/h7,9H,2-6H2,1H3. The van der Waals surface area contributed by atoms with E-state index >= 15 is 0 Å². The summed E-state index contributed by atoms with van der Waals surface area (Å²) < 4.78 is 5.11. The summed E-state index contributed by atoms with van der Waals surface area (Å²) >= 11 is 5.70. The molecule has 0 aliphatic carbocycles. The molecule has 1 aliphatic heterocycles. The molecule has 2 rings (SSSR count). The summed E-state index contributed by atoms with van der Waals surface area (Å²) in [5.74, 6) is 1.51. The maximum Gasteiger partial charge on any atom is 0.291 e. The minimum Gasteiger partial charge on any atom is -0.438 e. The number of halogens is 1. The molecule has 5 heteroatoms. The predicted molar refractivity (Wildman–Crippen MR) is 60.6 cm³/mol. The zero-order valence-electron chi connectivity index (χ0n) is 9.28. The normalized spacial score (nSPS) is 20.4. The van der Waals surface area contributed by atoms with E-state index < -0.39 is 0 Å². The number of carbonyl (C=O) groups excluding carboxylic acids is 1. The van der Waals surface area contributed by atoms with Gasteiger partial charge in [-0.25, -0.2) is 4.98 Å². The Balaban J connectivity index is 2.00. The summed E-state index contributed by atoms with van der Waals surface area (Å²) in [6.45, 7) is 3.36. The summed E-state index contributed by atoms with van der Waals surface area (Å²) in [5.41, 5.74) is 0.658. The summed E-state index contributed by atoms with van der Waals surface area (Å²) in [7, 11) is 0. The van der Waals surface area contributed by atoms with Gasteiger partial charge in [-0.1, -0.05) is 0 Å². The molecule has 1 saturated heterocycles. The first-order valence-corrected chi connectivity index (χ1v) is 6.01. The number of amides is 1. The summed E-state index contributed by atoms with van der Waals surface area (Å²) in [6.07, 6.45) is 3.32. The third-order valence-corrected chi connectivity index (χ3v) is 3.25. The average Bonchev–Trinajstić information content (AvgIpc) is 2.87. The molecule has 0 spiro atoms. The molecule has 4 nitrogen and oxygen atoms in total. The summed E-state index contributed by atoms with van der Waals surface area (Å²) in [5, 5.41) is 0. The first-order valence-electron chi connectivity index (χ1n) is 5.47. The van der Waals surface area contributed by atoms with Crippen LogP contribution in [-0.2, 0) is 0 Å². The summed E-state index contributed by atoms with van der Waals surface area (Å²) in [6, 6.07) is 0. The molecule has 2 heterocycles. The van der Waals surface area contributed by atoms with Crippen LogP contribution in [0.25, 0.3) is 0 Å². The van der Waals surface area contributed by atoms with Crippen molar-refractivity contribution in [2.45, 2.75) is 19.8 Å². The lowest BCUT2D eigenvalue weighted by Gasteiger charge is -2.14. The molecule has 0 aromatic carbocycles. The van der Waals surface area contributed by atoms with Gasteiger partial charge in [0.1, 0.15) is 0 Å². The number of aryl methyl sites for hydroxylation is 1. The van der Waals surface area contributed by atoms with Gasteiger partial charge in [0, 0.05) is 19.0 Å². The number of alkyl halides is 1. The molecule has 0 N–H and O–H groups in total. The molecule has 16 heavy (non-hydrogen) atoms. The topological polar surface area (TPSA) is 46.3 Å². The largest absolute Gasteiger partial charge is 0.438 e. The average molecular weight is 243 g/mol. The van der Waals surface area contributed by atoms with E-state index in [1.807, 2.05) is 4.90 Å². The fourth-order valence-corrected chi connectivity index (χ4v) is 2.37. The third kappa shape index (κ3) is 2.21. The number of hydrogen-bond donors (Lipinski definition) is 0. The molecule has 1 aromatic rings. The fraction of sp³-hybridized carbons (Fsp3) is 0.636. The highest BCUT2D eigenvalue weighted by atomic mass is 35.5. The van der Waals surface area contributed by atoms with Gasteiger partial charge in [-0.15, -0.1) is 11.6 Å². The maximum absolute atomic E-state index is 12.0. The van der Waals surface area contributed by atoms with Crippen LogP contribution in [0.4, 0.5) is 0 Å². The Morgan fingerprint density at radius 1 is 1.75 bits per heavy atom. The van der Waals surface area contributed by atoms with Gasteiger partial charge >= 0.3 is 0 Å². The van der Waals surface area contributed by atoms with Crippen LogP contribution in [0.5, 0.6) is 0 Å². The van der Waals surface area contributed by atoms with Crippen molar-refractivity contribution in [2.24, 2.45) is 5.92 Å². The molecule has 1 aromatic heterocycles. The molecular formula is C11H15ClN2O2. The van der Waals surface area contributed by atoms with E-state index in [4.69, 9.17) is 16.0 Å². The lowest BCUT2D eigenvalue weighted by Crippen LogP contribution is -2.28. The number of carbonyl (C=O) groups is 1. The van der Waals surface area contributed by atoms with E-state index in [0.717, 1.165) is 25.9 Å². The van der Waals surface area contributed by atoms with Crippen LogP contribution in [0.3, 0.4) is 0 Å². The smallest absolute Gasteiger partial charge is 0.291 e. The van der Waals surface area contributed by atoms with Gasteiger partial charge in [0.2, 0.25) is 5.76 Å². The van der Waals surface area contributed by atoms with E-state index in [2.05, 4.69) is 4.98 Å². The Kier molecular flexibility index (Phi) is 3.49. The Morgan fingerprint density at radius 2 is 2.56 bits per heavy atom. The van der Waals surface area contributed by atoms with E-state index in [1.165, 1.54) is 6.39 Å². The highest BCUT2D eigenvalue weighted by Gasteiger charge is 2.29. The van der Waals surface area contributed by atoms with Crippen molar-refractivity contribution < 1.29 is 9.21 Å². The summed E-state index contributed by atoms with van der Waals surface area (Å²) in [4.78, 5) is 17.8. The molecule has 1 amide bonds. The molecule has 88 valence electrons. The highest BCUT2D eigenvalue weighted by molar-refractivity contribution is 6.17. The number of rotatable bonds is 3. The first-order chi connectivity index (χ1) is 7.72. The van der Waals surface area contributed by atoms with Crippen molar-refractivity contribution >= 4 is 17.5 Å². The monoisotopic (exact) mass is 242 g/mol. The Hall–Kier alpha value is -1.03. The van der Waals surface area contributed by atoms with Crippen LogP contribution >= 0.6 is 11.6 Å². The SMILES string of the molecule is Cc1ncoc1C(=O)N1CCC(CCCl)C1. The first kappa shape index (κ1) is 11.5. The second-order valence-corrected chi connectivity index (χ2v) is 4.53. The number of likely N-dealkylation sites (tertiary alicyclic amines) is 1. The van der Waals surface area contributed by atoms with Gasteiger partial charge in [0.25, 0.3) is 5.91 Å². The lowest BCUT2D eigenvalue weighted by atomic mass is 10.1. The highest BCUT2D eigenvalue weighted by Crippen LogP contribution is 2.22. The number of hydrogen-bond acceptors (Lipinski definition) is 3. The van der Waals surface area contributed by atoms with Crippen molar-refractivity contribution in [1.29, 1.82) is 0 Å². The van der Waals surface area contributed by atoms with E-state index in [9.17, 15) is 4.79 Å². The predicted octanol–water partition coefficient (Wildman–Crippen LogP) is 2.07. The molecule has 0 saturated carbocycles. The van der Waals surface area contributed by atoms with Crippen LogP contribution in [0.15, 0.2) is 10.8 Å². The second-order valence-electron chi connectivity index (χ2n) is 4.15. The Labute approximate surface area is 99.6 Å². The van der Waals surface area contributed by atoms with Crippen LogP contribution in [0, 0.1) is 12.8 Å². The van der Waals surface area contributed by atoms with Crippen LogP contribution < -0.4 is 0 Å². The fourth-order valence-electron chi connectivity index (χ4n) is 2.06. The van der Waals surface area contributed by atoms with Gasteiger partial charge in [0.05, 0.1) is 5.69 Å².